The summed E-state index contributed by atoms with van der Waals surface area (Å²) in [5, 5.41) is 20.1. The van der Waals surface area contributed by atoms with E-state index in [1.165, 1.54) is 17.2 Å². The molecule has 4 N–H and O–H groups in total. The lowest BCUT2D eigenvalue weighted by Crippen LogP contribution is -2.51. The number of phenols is 1. The molecule has 0 saturated carbocycles. The maximum absolute atomic E-state index is 13.7. The lowest BCUT2D eigenvalue weighted by Gasteiger charge is -2.36. The van der Waals surface area contributed by atoms with Crippen LogP contribution in [0.2, 0.25) is 0 Å². The summed E-state index contributed by atoms with van der Waals surface area (Å²) in [5.74, 6) is 0.825. The highest BCUT2D eigenvalue weighted by Crippen LogP contribution is 2.48. The second-order valence-electron chi connectivity index (χ2n) is 19.7. The van der Waals surface area contributed by atoms with Crippen LogP contribution >= 0.6 is 0 Å². The average molecular weight is 961 g/mol. The predicted octanol–water partition coefficient (Wildman–Crippen LogP) is 10.3. The molecule has 368 valence electrons. The van der Waals surface area contributed by atoms with E-state index in [0.717, 1.165) is 63.4 Å². The summed E-state index contributed by atoms with van der Waals surface area (Å²) in [5.41, 5.74) is 17.4. The Morgan fingerprint density at radius 3 is 2.33 bits per heavy atom. The van der Waals surface area contributed by atoms with Gasteiger partial charge in [-0.15, -0.1) is 0 Å². The zero-order chi connectivity index (χ0) is 50.3. The van der Waals surface area contributed by atoms with Crippen LogP contribution < -0.4 is 20.3 Å². The summed E-state index contributed by atoms with van der Waals surface area (Å²) in [6.07, 6.45) is 19.4. The van der Waals surface area contributed by atoms with E-state index < -0.39 is 21.1 Å². The number of carbonyl (C=O) groups is 2. The van der Waals surface area contributed by atoms with Crippen molar-refractivity contribution in [2.75, 3.05) is 37.6 Å². The summed E-state index contributed by atoms with van der Waals surface area (Å²) in [4.78, 5) is 30.9. The molecule has 1 atom stereocenters. The predicted molar refractivity (Wildman–Crippen MR) is 274 cm³/mol. The van der Waals surface area contributed by atoms with E-state index in [0.29, 0.717) is 82.7 Å². The molecule has 3 aliphatic heterocycles. The molecule has 1 unspecified atom stereocenters. The monoisotopic (exact) mass is 961 g/mol. The highest BCUT2D eigenvalue weighted by molar-refractivity contribution is 7.85. The number of phenolic OH excluding ortho intramolecular Hbond substituents is 1. The first-order valence-electron chi connectivity index (χ1n) is 24.1. The second kappa shape index (κ2) is 21.6. The first-order valence-corrected chi connectivity index (χ1v) is 25.5. The van der Waals surface area contributed by atoms with Crippen molar-refractivity contribution in [3.8, 4) is 11.5 Å². The lowest BCUT2D eigenvalue weighted by atomic mass is 9.81. The van der Waals surface area contributed by atoms with Crippen molar-refractivity contribution < 1.29 is 37.0 Å². The Morgan fingerprint density at radius 1 is 0.870 bits per heavy atom. The molecule has 0 spiro atoms. The number of nitrogens with zero attached hydrogens (tertiary/aromatic N) is 5. The number of amides is 2. The van der Waals surface area contributed by atoms with E-state index in [2.05, 4.69) is 81.3 Å². The smallest absolute Gasteiger partial charge is 0.294 e. The van der Waals surface area contributed by atoms with Gasteiger partial charge in [-0.05, 0) is 133 Å². The summed E-state index contributed by atoms with van der Waals surface area (Å²) >= 11 is 0. The van der Waals surface area contributed by atoms with Crippen LogP contribution in [0.3, 0.4) is 0 Å². The van der Waals surface area contributed by atoms with Crippen LogP contribution in [0.4, 0.5) is 11.4 Å². The molecule has 6 rings (SSSR count). The van der Waals surface area contributed by atoms with Gasteiger partial charge in [-0.1, -0.05) is 67.0 Å². The minimum absolute atomic E-state index is 0.0344. The summed E-state index contributed by atoms with van der Waals surface area (Å²) < 4.78 is 42.8. The van der Waals surface area contributed by atoms with Crippen LogP contribution in [0.15, 0.2) is 94.6 Å². The molecule has 0 aliphatic carbocycles. The Hall–Kier alpha value is -6.15. The molecular formula is C54H70N7O7S+. The van der Waals surface area contributed by atoms with E-state index in [9.17, 15) is 27.7 Å². The number of anilines is 1. The summed E-state index contributed by atoms with van der Waals surface area (Å²) in [6.45, 7) is 20.9. The fraction of sp³-hybridized carbons (Fsp3) is 0.463. The standard InChI is InChI=1S/C54H69N7O7S/c1-36-23-25-44-42(34-36)52(5,6)46(61(44)33-19-30-57-51(64)54(9)28-27-41-39(4)49(63)37(2)38(3)50(41)68-54)20-14-11-10-12-15-21-47-53(7,8)43-35-40(69(65,66)67)24-26-45(43)60(47)32-17-13-16-22-48(62)56-29-18-31-58-59-55/h10-12,14-15,20-21,23-26,34-35H,13,16-19,22,27-33H2,1-9H3,(H3-,56,57,62,63,64,65,66,67)/p+1. The Bertz CT molecular complexity index is 2800. The number of hydrogen-bond acceptors (Lipinski definition) is 8. The van der Waals surface area contributed by atoms with E-state index in [4.69, 9.17) is 10.3 Å². The van der Waals surface area contributed by atoms with Crippen LogP contribution in [0.1, 0.15) is 119 Å². The van der Waals surface area contributed by atoms with Crippen molar-refractivity contribution in [2.45, 2.75) is 135 Å². The molecule has 3 heterocycles. The third kappa shape index (κ3) is 11.5. The molecule has 0 saturated heterocycles. The quantitative estimate of drug-likeness (QED) is 0.0163. The number of hydrogen-bond donors (Lipinski definition) is 4. The zero-order valence-electron chi connectivity index (χ0n) is 41.8. The van der Waals surface area contributed by atoms with Gasteiger partial charge in [0.1, 0.15) is 18.0 Å². The molecule has 3 aliphatic rings. The molecule has 2 amide bonds. The second-order valence-corrected chi connectivity index (χ2v) is 21.2. The molecule has 14 nitrogen and oxygen atoms in total. The highest BCUT2D eigenvalue weighted by atomic mass is 32.2. The minimum Gasteiger partial charge on any atom is -0.507 e. The van der Waals surface area contributed by atoms with Gasteiger partial charge in [0.15, 0.2) is 11.3 Å². The van der Waals surface area contributed by atoms with Gasteiger partial charge >= 0.3 is 0 Å². The van der Waals surface area contributed by atoms with Crippen LogP contribution in [0, 0.1) is 27.7 Å². The minimum atomic E-state index is -4.40. The summed E-state index contributed by atoms with van der Waals surface area (Å²) in [7, 11) is -4.40. The topological polar surface area (TPSA) is 197 Å². The maximum atomic E-state index is 13.7. The Labute approximate surface area is 408 Å². The number of unbranched alkanes of at least 4 members (excludes halogenated alkanes) is 2. The molecule has 15 heteroatoms. The first-order chi connectivity index (χ1) is 32.6. The van der Waals surface area contributed by atoms with Crippen molar-refractivity contribution in [1.82, 2.24) is 10.6 Å². The number of azide groups is 1. The highest BCUT2D eigenvalue weighted by Gasteiger charge is 2.45. The largest absolute Gasteiger partial charge is 0.507 e. The number of ether oxygens (including phenoxy) is 1. The molecule has 0 bridgehead atoms. The number of carbonyl (C=O) groups excluding carboxylic acids is 2. The molecular weight excluding hydrogens is 891 g/mol. The van der Waals surface area contributed by atoms with Gasteiger partial charge in [-0.25, -0.2) is 0 Å². The molecule has 0 radical (unpaired) electrons. The first kappa shape index (κ1) is 52.2. The number of rotatable bonds is 20. The van der Waals surface area contributed by atoms with Crippen LogP contribution in [0.25, 0.3) is 10.4 Å². The SMILES string of the molecule is Cc1ccc2c(c1)C(C)(C)C(=CC=CC=CC=CC1=[N+](CCCCCC(=O)NCCCN=[N+]=[N-])c3ccc(S(=O)(=O)O)cc3C1(C)C)N2CCCNC(=O)C1(C)CCc2c(C)c(O)c(C)c(C)c2O1. The number of allylic oxidation sites excluding steroid dienone is 8. The van der Waals surface area contributed by atoms with Gasteiger partial charge in [0.2, 0.25) is 11.6 Å². The Morgan fingerprint density at radius 2 is 1.59 bits per heavy atom. The molecule has 3 aromatic carbocycles. The number of nitrogens with one attached hydrogen (secondary N) is 2. The van der Waals surface area contributed by atoms with Crippen LogP contribution in [-0.4, -0.2) is 78.5 Å². The van der Waals surface area contributed by atoms with E-state index in [-0.39, 0.29) is 22.1 Å². The average Bonchev–Trinajstić information content (AvgIpc) is 3.64. The number of aryl methyl sites for hydroxylation is 1. The maximum Gasteiger partial charge on any atom is 0.294 e. The van der Waals surface area contributed by atoms with Crippen LogP contribution in [-0.2, 0) is 37.0 Å². The third-order valence-electron chi connectivity index (χ3n) is 14.1. The van der Waals surface area contributed by atoms with Crippen molar-refractivity contribution in [2.24, 2.45) is 5.11 Å². The normalized spacial score (nSPS) is 18.7. The van der Waals surface area contributed by atoms with E-state index >= 15 is 0 Å². The number of aromatic hydroxyl groups is 1. The van der Waals surface area contributed by atoms with Crippen molar-refractivity contribution in [3.63, 3.8) is 0 Å². The Kier molecular flexibility index (Phi) is 16.4. The molecule has 0 fully saturated rings. The van der Waals surface area contributed by atoms with E-state index in [1.807, 2.05) is 71.9 Å². The number of fused-ring (bicyclic) bond motifs is 3. The van der Waals surface area contributed by atoms with Gasteiger partial charge in [-0.2, -0.15) is 13.0 Å². The lowest BCUT2D eigenvalue weighted by molar-refractivity contribution is -0.438. The Balaban J connectivity index is 1.12. The van der Waals surface area contributed by atoms with Gasteiger partial charge in [0, 0.05) is 90.4 Å². The van der Waals surface area contributed by atoms with Crippen molar-refractivity contribution in [3.05, 3.63) is 134 Å². The zero-order valence-corrected chi connectivity index (χ0v) is 42.6. The molecule has 3 aromatic rings. The van der Waals surface area contributed by atoms with Gasteiger partial charge in [0.05, 0.1) is 10.3 Å². The van der Waals surface area contributed by atoms with Gasteiger partial charge in [-0.3, -0.25) is 14.1 Å². The fourth-order valence-electron chi connectivity index (χ4n) is 9.85. The third-order valence-corrected chi connectivity index (χ3v) is 15.0. The fourth-order valence-corrected chi connectivity index (χ4v) is 10.4. The van der Waals surface area contributed by atoms with Gasteiger partial charge < -0.3 is 25.4 Å². The van der Waals surface area contributed by atoms with Crippen molar-refractivity contribution >= 4 is 39.0 Å². The van der Waals surface area contributed by atoms with Crippen LogP contribution in [0.5, 0.6) is 11.5 Å². The summed E-state index contributed by atoms with van der Waals surface area (Å²) in [6, 6.07) is 11.3. The molecule has 0 aromatic heterocycles. The van der Waals surface area contributed by atoms with E-state index in [1.54, 1.807) is 12.1 Å². The number of benzene rings is 3. The molecule has 69 heavy (non-hydrogen) atoms. The van der Waals surface area contributed by atoms with Crippen molar-refractivity contribution in [1.29, 1.82) is 0 Å². The van der Waals surface area contributed by atoms with Gasteiger partial charge in [0.25, 0.3) is 16.0 Å².